The largest absolute Gasteiger partial charge is 0.348 e. The molecular formula is C13H20N4S. The molecule has 0 amide bonds. The number of thiocarbonyl (C=S) groups is 1. The summed E-state index contributed by atoms with van der Waals surface area (Å²) in [4.78, 5) is 6.28. The van der Waals surface area contributed by atoms with Crippen LogP contribution in [0, 0.1) is 0 Å². The molecular weight excluding hydrogens is 244 g/mol. The first kappa shape index (κ1) is 14.6. The summed E-state index contributed by atoms with van der Waals surface area (Å²) >= 11 is 5.30. The third-order valence-corrected chi connectivity index (χ3v) is 2.67. The summed E-state index contributed by atoms with van der Waals surface area (Å²) in [7, 11) is 0. The Morgan fingerprint density at radius 2 is 2.11 bits per heavy atom. The maximum absolute atomic E-state index is 5.30. The predicted octanol–water partition coefficient (Wildman–Crippen LogP) is 2.41. The van der Waals surface area contributed by atoms with E-state index in [2.05, 4.69) is 34.3 Å². The number of hydrogen-bond acceptors (Lipinski definition) is 3. The average Bonchev–Trinajstić information content (AvgIpc) is 2.39. The molecule has 1 heterocycles. The first-order valence-corrected chi connectivity index (χ1v) is 6.67. The number of hydrazone groups is 1. The maximum Gasteiger partial charge on any atom is 0.189 e. The molecule has 0 atom stereocenters. The zero-order valence-electron chi connectivity index (χ0n) is 11.0. The number of pyridine rings is 1. The Hall–Kier alpha value is -1.49. The number of nitrogens with one attached hydrogen (secondary N) is 1. The average molecular weight is 264 g/mol. The molecule has 0 bridgehead atoms. The third kappa shape index (κ3) is 5.23. The summed E-state index contributed by atoms with van der Waals surface area (Å²) < 4.78 is 0. The van der Waals surface area contributed by atoms with Gasteiger partial charge < -0.3 is 4.90 Å². The Labute approximate surface area is 114 Å². The van der Waals surface area contributed by atoms with Gasteiger partial charge in [0.1, 0.15) is 0 Å². The Morgan fingerprint density at radius 3 is 2.67 bits per heavy atom. The van der Waals surface area contributed by atoms with Crippen molar-refractivity contribution < 1.29 is 0 Å². The molecule has 0 saturated carbocycles. The highest BCUT2D eigenvalue weighted by Gasteiger charge is 2.05. The van der Waals surface area contributed by atoms with Gasteiger partial charge in [0.15, 0.2) is 5.11 Å². The summed E-state index contributed by atoms with van der Waals surface area (Å²) in [6.07, 6.45) is 5.56. The molecule has 0 aromatic carbocycles. The van der Waals surface area contributed by atoms with Crippen molar-refractivity contribution in [3.63, 3.8) is 0 Å². The quantitative estimate of drug-likeness (QED) is 0.487. The molecule has 0 aliphatic rings. The van der Waals surface area contributed by atoms with E-state index in [0.29, 0.717) is 5.11 Å². The molecule has 1 rings (SSSR count). The molecule has 98 valence electrons. The van der Waals surface area contributed by atoms with Gasteiger partial charge in [-0.25, -0.2) is 0 Å². The lowest BCUT2D eigenvalue weighted by Crippen LogP contribution is -2.38. The fourth-order valence-corrected chi connectivity index (χ4v) is 1.77. The Kier molecular flexibility index (Phi) is 6.94. The summed E-state index contributed by atoms with van der Waals surface area (Å²) in [5.41, 5.74) is 3.70. The van der Waals surface area contributed by atoms with Crippen molar-refractivity contribution in [2.75, 3.05) is 13.1 Å². The zero-order chi connectivity index (χ0) is 13.2. The summed E-state index contributed by atoms with van der Waals surface area (Å²) in [5.74, 6) is 0. The van der Waals surface area contributed by atoms with Crippen LogP contribution in [-0.4, -0.2) is 34.3 Å². The van der Waals surface area contributed by atoms with Crippen LogP contribution >= 0.6 is 12.2 Å². The lowest BCUT2D eigenvalue weighted by Gasteiger charge is -2.23. The van der Waals surface area contributed by atoms with Crippen LogP contribution in [0.5, 0.6) is 0 Å². The van der Waals surface area contributed by atoms with Gasteiger partial charge in [0, 0.05) is 19.3 Å². The Morgan fingerprint density at radius 1 is 1.39 bits per heavy atom. The number of rotatable bonds is 6. The predicted molar refractivity (Wildman–Crippen MR) is 79.7 cm³/mol. The molecule has 1 N–H and O–H groups in total. The van der Waals surface area contributed by atoms with Gasteiger partial charge >= 0.3 is 0 Å². The van der Waals surface area contributed by atoms with Crippen molar-refractivity contribution in [2.45, 2.75) is 26.7 Å². The molecule has 0 unspecified atom stereocenters. The van der Waals surface area contributed by atoms with Gasteiger partial charge in [0.25, 0.3) is 0 Å². The summed E-state index contributed by atoms with van der Waals surface area (Å²) in [6, 6.07) is 5.69. The van der Waals surface area contributed by atoms with Crippen LogP contribution in [0.3, 0.4) is 0 Å². The van der Waals surface area contributed by atoms with Crippen molar-refractivity contribution >= 4 is 23.5 Å². The molecule has 18 heavy (non-hydrogen) atoms. The molecule has 1 aromatic heterocycles. The van der Waals surface area contributed by atoms with Gasteiger partial charge in [-0.05, 0) is 37.2 Å². The van der Waals surface area contributed by atoms with E-state index in [9.17, 15) is 0 Å². The van der Waals surface area contributed by atoms with Crippen LogP contribution in [0.1, 0.15) is 32.4 Å². The summed E-state index contributed by atoms with van der Waals surface area (Å²) in [6.45, 7) is 6.20. The molecule has 1 aromatic rings. The van der Waals surface area contributed by atoms with Gasteiger partial charge in [0.05, 0.1) is 11.9 Å². The van der Waals surface area contributed by atoms with E-state index in [4.69, 9.17) is 12.2 Å². The van der Waals surface area contributed by atoms with Gasteiger partial charge in [-0.2, -0.15) is 5.10 Å². The van der Waals surface area contributed by atoms with E-state index in [1.807, 2.05) is 18.2 Å². The van der Waals surface area contributed by atoms with Crippen LogP contribution in [0.2, 0.25) is 0 Å². The molecule has 0 saturated heterocycles. The maximum atomic E-state index is 5.30. The Bertz CT molecular complexity index is 372. The second kappa shape index (κ2) is 8.58. The van der Waals surface area contributed by atoms with Crippen molar-refractivity contribution in [2.24, 2.45) is 5.10 Å². The third-order valence-electron chi connectivity index (χ3n) is 2.32. The lowest BCUT2D eigenvalue weighted by molar-refractivity contribution is 0.411. The SMILES string of the molecule is CCCN(CCC)C(=S)N/N=C/c1ccccn1. The minimum Gasteiger partial charge on any atom is -0.348 e. The molecule has 0 aliphatic heterocycles. The highest BCUT2D eigenvalue weighted by atomic mass is 32.1. The standard InChI is InChI=1S/C13H20N4S/c1-3-9-17(10-4-2)13(18)16-15-11-12-7-5-6-8-14-12/h5-8,11H,3-4,9-10H2,1-2H3,(H,16,18)/b15-11+. The van der Waals surface area contributed by atoms with Crippen LogP contribution in [0.15, 0.2) is 29.5 Å². The van der Waals surface area contributed by atoms with Crippen LogP contribution in [-0.2, 0) is 0 Å². The van der Waals surface area contributed by atoms with E-state index in [1.54, 1.807) is 12.4 Å². The van der Waals surface area contributed by atoms with Crippen LogP contribution in [0.25, 0.3) is 0 Å². The van der Waals surface area contributed by atoms with E-state index in [1.165, 1.54) is 0 Å². The number of aromatic nitrogens is 1. The van der Waals surface area contributed by atoms with E-state index in [0.717, 1.165) is 31.6 Å². The topological polar surface area (TPSA) is 40.5 Å². The number of nitrogens with zero attached hydrogens (tertiary/aromatic N) is 3. The second-order valence-corrected chi connectivity index (χ2v) is 4.30. The van der Waals surface area contributed by atoms with Gasteiger partial charge in [-0.15, -0.1) is 0 Å². The second-order valence-electron chi connectivity index (χ2n) is 3.92. The molecule has 0 spiro atoms. The van der Waals surface area contributed by atoms with Crippen LogP contribution < -0.4 is 5.43 Å². The van der Waals surface area contributed by atoms with E-state index >= 15 is 0 Å². The molecule has 4 nitrogen and oxygen atoms in total. The van der Waals surface area contributed by atoms with Crippen molar-refractivity contribution in [1.82, 2.24) is 15.3 Å². The first-order chi connectivity index (χ1) is 8.77. The summed E-state index contributed by atoms with van der Waals surface area (Å²) in [5, 5.41) is 4.78. The lowest BCUT2D eigenvalue weighted by atomic mass is 10.4. The fraction of sp³-hybridized carbons (Fsp3) is 0.462. The Balaban J connectivity index is 2.46. The van der Waals surface area contributed by atoms with E-state index in [-0.39, 0.29) is 0 Å². The fourth-order valence-electron chi connectivity index (χ4n) is 1.53. The zero-order valence-corrected chi connectivity index (χ0v) is 11.8. The molecule has 0 aliphatic carbocycles. The van der Waals surface area contributed by atoms with Gasteiger partial charge in [-0.1, -0.05) is 19.9 Å². The molecule has 0 fully saturated rings. The van der Waals surface area contributed by atoms with Crippen molar-refractivity contribution in [1.29, 1.82) is 0 Å². The first-order valence-electron chi connectivity index (χ1n) is 6.27. The van der Waals surface area contributed by atoms with Crippen molar-refractivity contribution in [3.8, 4) is 0 Å². The molecule has 0 radical (unpaired) electrons. The van der Waals surface area contributed by atoms with Gasteiger partial charge in [-0.3, -0.25) is 10.4 Å². The van der Waals surface area contributed by atoms with Crippen molar-refractivity contribution in [3.05, 3.63) is 30.1 Å². The van der Waals surface area contributed by atoms with E-state index < -0.39 is 0 Å². The minimum absolute atomic E-state index is 0.672. The van der Waals surface area contributed by atoms with Gasteiger partial charge in [0.2, 0.25) is 0 Å². The minimum atomic E-state index is 0.672. The smallest absolute Gasteiger partial charge is 0.189 e. The normalized spacial score (nSPS) is 10.6. The van der Waals surface area contributed by atoms with Crippen LogP contribution in [0.4, 0.5) is 0 Å². The molecule has 5 heteroatoms. The number of hydrogen-bond donors (Lipinski definition) is 1. The highest BCUT2D eigenvalue weighted by Crippen LogP contribution is 1.95. The highest BCUT2D eigenvalue weighted by molar-refractivity contribution is 7.80. The monoisotopic (exact) mass is 264 g/mol.